The molecule has 4 saturated carbocycles. The van der Waals surface area contributed by atoms with Crippen molar-refractivity contribution in [2.45, 2.75) is 58.0 Å². The number of benzene rings is 1. The van der Waals surface area contributed by atoms with Crippen molar-refractivity contribution in [1.82, 2.24) is 5.32 Å². The molecule has 4 aliphatic carbocycles. The molecule has 22 heavy (non-hydrogen) atoms. The molecule has 1 aromatic carbocycles. The zero-order chi connectivity index (χ0) is 15.2. The molecule has 1 N–H and O–H groups in total. The van der Waals surface area contributed by atoms with E-state index in [0.717, 1.165) is 30.0 Å². The molecule has 0 aromatic heterocycles. The first kappa shape index (κ1) is 14.6. The molecule has 0 unspecified atom stereocenters. The van der Waals surface area contributed by atoms with Crippen LogP contribution in [0.2, 0.25) is 0 Å². The van der Waals surface area contributed by atoms with E-state index >= 15 is 0 Å². The fraction of sp³-hybridized carbons (Fsp3) is 0.700. The van der Waals surface area contributed by atoms with E-state index in [1.165, 1.54) is 44.1 Å². The third-order valence-corrected chi connectivity index (χ3v) is 6.75. The molecule has 0 spiro atoms. The summed E-state index contributed by atoms with van der Waals surface area (Å²) in [6.45, 7) is 3.40. The number of hydrogen-bond donors (Lipinski definition) is 1. The normalized spacial score (nSPS) is 37.3. The molecular formula is C20H29NO. The van der Waals surface area contributed by atoms with Crippen LogP contribution in [0.15, 0.2) is 24.3 Å². The standard InChI is InChI=1S/C20H29NO/c1-14(21-13-15-4-3-5-19(9-15)22-2)20-10-16-6-17(11-20)8-18(7-16)12-20/h3-5,9,14,16-18,21H,6-8,10-13H2,1-2H3/t14-,16?,17?,18?,20?/m0/s1. The number of ether oxygens (including phenoxy) is 1. The zero-order valence-electron chi connectivity index (χ0n) is 14.0. The molecule has 1 atom stereocenters. The Morgan fingerprint density at radius 2 is 1.77 bits per heavy atom. The Hall–Kier alpha value is -1.02. The average molecular weight is 299 g/mol. The molecule has 0 radical (unpaired) electrons. The topological polar surface area (TPSA) is 21.3 Å². The number of rotatable bonds is 5. The van der Waals surface area contributed by atoms with Gasteiger partial charge >= 0.3 is 0 Å². The smallest absolute Gasteiger partial charge is 0.119 e. The fourth-order valence-electron chi connectivity index (χ4n) is 5.98. The summed E-state index contributed by atoms with van der Waals surface area (Å²) in [5.41, 5.74) is 1.92. The summed E-state index contributed by atoms with van der Waals surface area (Å²) in [4.78, 5) is 0. The second-order valence-electron chi connectivity index (χ2n) is 8.23. The van der Waals surface area contributed by atoms with Gasteiger partial charge in [-0.2, -0.15) is 0 Å². The number of hydrogen-bond acceptors (Lipinski definition) is 2. The monoisotopic (exact) mass is 299 g/mol. The molecule has 0 aliphatic heterocycles. The van der Waals surface area contributed by atoms with Gasteiger partial charge in [-0.3, -0.25) is 0 Å². The summed E-state index contributed by atoms with van der Waals surface area (Å²) < 4.78 is 5.33. The molecule has 1 aromatic rings. The van der Waals surface area contributed by atoms with Crippen LogP contribution in [0, 0.1) is 23.2 Å². The summed E-state index contributed by atoms with van der Waals surface area (Å²) in [5.74, 6) is 4.06. The first-order chi connectivity index (χ1) is 10.7. The van der Waals surface area contributed by atoms with E-state index in [0.29, 0.717) is 11.5 Å². The third-order valence-electron chi connectivity index (χ3n) is 6.75. The molecule has 0 heterocycles. The largest absolute Gasteiger partial charge is 0.497 e. The van der Waals surface area contributed by atoms with Crippen molar-refractivity contribution in [2.75, 3.05) is 7.11 Å². The Morgan fingerprint density at radius 1 is 1.14 bits per heavy atom. The van der Waals surface area contributed by atoms with Gasteiger partial charge in [0.25, 0.3) is 0 Å². The van der Waals surface area contributed by atoms with Gasteiger partial charge in [-0.05, 0) is 86.3 Å². The Bertz CT molecular complexity index is 503. The fourth-order valence-corrected chi connectivity index (χ4v) is 5.98. The summed E-state index contributed by atoms with van der Waals surface area (Å²) >= 11 is 0. The van der Waals surface area contributed by atoms with E-state index in [4.69, 9.17) is 4.74 Å². The average Bonchev–Trinajstić information content (AvgIpc) is 2.51. The lowest BCUT2D eigenvalue weighted by Gasteiger charge is -2.59. The van der Waals surface area contributed by atoms with Gasteiger partial charge in [-0.1, -0.05) is 12.1 Å². The maximum Gasteiger partial charge on any atom is 0.119 e. The second kappa shape index (κ2) is 5.56. The molecule has 5 rings (SSSR count). The van der Waals surface area contributed by atoms with Gasteiger partial charge < -0.3 is 10.1 Å². The number of methoxy groups -OCH3 is 1. The third kappa shape index (κ3) is 2.56. The highest BCUT2D eigenvalue weighted by Crippen LogP contribution is 2.61. The minimum absolute atomic E-state index is 0.591. The summed E-state index contributed by atoms with van der Waals surface area (Å²) in [5, 5.41) is 3.85. The van der Waals surface area contributed by atoms with Crippen molar-refractivity contribution in [2.24, 2.45) is 23.2 Å². The van der Waals surface area contributed by atoms with E-state index in [2.05, 4.69) is 30.4 Å². The van der Waals surface area contributed by atoms with E-state index in [1.807, 2.05) is 6.07 Å². The lowest BCUT2D eigenvalue weighted by Crippen LogP contribution is -2.54. The molecular weight excluding hydrogens is 270 g/mol. The van der Waals surface area contributed by atoms with E-state index in [9.17, 15) is 0 Å². The maximum atomic E-state index is 5.33. The van der Waals surface area contributed by atoms with E-state index < -0.39 is 0 Å². The zero-order valence-corrected chi connectivity index (χ0v) is 14.0. The van der Waals surface area contributed by atoms with Gasteiger partial charge in [-0.25, -0.2) is 0 Å². The highest BCUT2D eigenvalue weighted by atomic mass is 16.5. The van der Waals surface area contributed by atoms with Crippen LogP contribution in [-0.4, -0.2) is 13.2 Å². The predicted molar refractivity (Wildman–Crippen MR) is 89.9 cm³/mol. The summed E-state index contributed by atoms with van der Waals surface area (Å²) in [6.07, 6.45) is 9.02. The van der Waals surface area contributed by atoms with Crippen molar-refractivity contribution in [3.05, 3.63) is 29.8 Å². The Kier molecular flexibility index (Phi) is 3.68. The molecule has 4 fully saturated rings. The Balaban J connectivity index is 1.42. The van der Waals surface area contributed by atoms with Crippen molar-refractivity contribution in [3.8, 4) is 5.75 Å². The van der Waals surface area contributed by atoms with Gasteiger partial charge in [0.15, 0.2) is 0 Å². The van der Waals surface area contributed by atoms with Crippen molar-refractivity contribution in [1.29, 1.82) is 0 Å². The molecule has 2 nitrogen and oxygen atoms in total. The molecule has 4 aliphatic rings. The molecule has 0 saturated heterocycles. The van der Waals surface area contributed by atoms with Crippen LogP contribution in [0.3, 0.4) is 0 Å². The minimum atomic E-state index is 0.591. The van der Waals surface area contributed by atoms with Crippen molar-refractivity contribution in [3.63, 3.8) is 0 Å². The summed E-state index contributed by atoms with van der Waals surface area (Å²) in [7, 11) is 1.74. The Morgan fingerprint density at radius 3 is 2.36 bits per heavy atom. The second-order valence-corrected chi connectivity index (χ2v) is 8.23. The van der Waals surface area contributed by atoms with Gasteiger partial charge in [-0.15, -0.1) is 0 Å². The van der Waals surface area contributed by atoms with Gasteiger partial charge in [0.05, 0.1) is 7.11 Å². The van der Waals surface area contributed by atoms with Crippen LogP contribution < -0.4 is 10.1 Å². The van der Waals surface area contributed by atoms with Gasteiger partial charge in [0.1, 0.15) is 5.75 Å². The van der Waals surface area contributed by atoms with Gasteiger partial charge in [0.2, 0.25) is 0 Å². The lowest BCUT2D eigenvalue weighted by atomic mass is 9.48. The molecule has 2 heteroatoms. The van der Waals surface area contributed by atoms with Crippen LogP contribution >= 0.6 is 0 Å². The number of nitrogens with one attached hydrogen (secondary N) is 1. The van der Waals surface area contributed by atoms with Crippen LogP contribution in [0.4, 0.5) is 0 Å². The maximum absolute atomic E-state index is 5.33. The summed E-state index contributed by atoms with van der Waals surface area (Å²) in [6, 6.07) is 9.09. The van der Waals surface area contributed by atoms with Crippen molar-refractivity contribution >= 4 is 0 Å². The van der Waals surface area contributed by atoms with E-state index in [1.54, 1.807) is 7.11 Å². The molecule has 120 valence electrons. The lowest BCUT2D eigenvalue weighted by molar-refractivity contribution is -0.0706. The minimum Gasteiger partial charge on any atom is -0.497 e. The Labute approximate surface area is 134 Å². The predicted octanol–water partition coefficient (Wildman–Crippen LogP) is 4.39. The van der Waals surface area contributed by atoms with Crippen molar-refractivity contribution < 1.29 is 4.74 Å². The molecule has 0 amide bonds. The van der Waals surface area contributed by atoms with Crippen LogP contribution in [0.5, 0.6) is 5.75 Å². The van der Waals surface area contributed by atoms with Crippen LogP contribution in [-0.2, 0) is 6.54 Å². The SMILES string of the molecule is COc1cccc(CN[C@@H](C)C23CC4CC(CC(C4)C2)C3)c1. The van der Waals surface area contributed by atoms with Crippen LogP contribution in [0.1, 0.15) is 51.0 Å². The quantitative estimate of drug-likeness (QED) is 0.870. The first-order valence-electron chi connectivity index (χ1n) is 9.03. The first-order valence-corrected chi connectivity index (χ1v) is 9.03. The van der Waals surface area contributed by atoms with Crippen LogP contribution in [0.25, 0.3) is 0 Å². The highest BCUT2D eigenvalue weighted by molar-refractivity contribution is 5.28. The molecule has 4 bridgehead atoms. The van der Waals surface area contributed by atoms with E-state index in [-0.39, 0.29) is 0 Å². The van der Waals surface area contributed by atoms with Gasteiger partial charge in [0, 0.05) is 12.6 Å². The highest BCUT2D eigenvalue weighted by Gasteiger charge is 2.52.